The van der Waals surface area contributed by atoms with E-state index in [2.05, 4.69) is 56.3 Å². The summed E-state index contributed by atoms with van der Waals surface area (Å²) in [6.45, 7) is 6.00. The maximum atomic E-state index is 9.58. The van der Waals surface area contributed by atoms with Crippen LogP contribution < -0.4 is 15.2 Å². The average molecular weight is 468 g/mol. The maximum absolute atomic E-state index is 9.58. The molecule has 0 heterocycles. The Morgan fingerprint density at radius 3 is 1.66 bits per heavy atom. The van der Waals surface area contributed by atoms with Crippen LogP contribution in [0.5, 0.6) is 17.2 Å². The van der Waals surface area contributed by atoms with Crippen molar-refractivity contribution in [2.45, 2.75) is 38.9 Å². The first kappa shape index (κ1) is 24.4. The van der Waals surface area contributed by atoms with Crippen LogP contribution in [0.2, 0.25) is 0 Å². The lowest BCUT2D eigenvalue weighted by Crippen LogP contribution is -2.18. The monoisotopic (exact) mass is 467 g/mol. The van der Waals surface area contributed by atoms with E-state index in [9.17, 15) is 5.11 Å². The SMILES string of the molecule is CC(C)(c1ccc(O)cc1)c1ccc(OCc2cccc(COc3ccc(CCN)cc3)c2)cc1. The second-order valence-corrected chi connectivity index (χ2v) is 9.28. The minimum atomic E-state index is -0.175. The van der Waals surface area contributed by atoms with E-state index in [0.717, 1.165) is 34.6 Å². The lowest BCUT2D eigenvalue weighted by molar-refractivity contribution is 0.299. The molecule has 0 saturated carbocycles. The van der Waals surface area contributed by atoms with Gasteiger partial charge < -0.3 is 20.3 Å². The molecule has 0 aromatic heterocycles. The van der Waals surface area contributed by atoms with Gasteiger partial charge in [-0.1, -0.05) is 68.4 Å². The second kappa shape index (κ2) is 11.1. The molecule has 4 aromatic carbocycles. The molecule has 0 bridgehead atoms. The third-order valence-electron chi connectivity index (χ3n) is 6.32. The molecule has 0 saturated heterocycles. The van der Waals surface area contributed by atoms with Crippen LogP contribution in [0.3, 0.4) is 0 Å². The van der Waals surface area contributed by atoms with Gasteiger partial charge in [0.05, 0.1) is 0 Å². The molecule has 0 aliphatic carbocycles. The standard InChI is InChI=1S/C31H33NO3/c1-31(2,26-8-12-28(33)13-9-26)27-10-16-30(17-11-27)35-22-25-5-3-4-24(20-25)21-34-29-14-6-23(7-15-29)18-19-32/h3-17,20,33H,18-19,21-22,32H2,1-2H3. The van der Waals surface area contributed by atoms with Crippen LogP contribution in [0, 0.1) is 0 Å². The summed E-state index contributed by atoms with van der Waals surface area (Å²) in [5, 5.41) is 9.58. The topological polar surface area (TPSA) is 64.7 Å². The number of nitrogens with two attached hydrogens (primary N) is 1. The highest BCUT2D eigenvalue weighted by Gasteiger charge is 2.23. The highest BCUT2D eigenvalue weighted by molar-refractivity contribution is 5.41. The molecule has 0 radical (unpaired) electrons. The molecule has 0 aliphatic rings. The largest absolute Gasteiger partial charge is 0.508 e. The van der Waals surface area contributed by atoms with E-state index < -0.39 is 0 Å². The Hall–Kier alpha value is -3.76. The fraction of sp³-hybridized carbons (Fsp3) is 0.226. The molecule has 4 nitrogen and oxygen atoms in total. The molecule has 0 aliphatic heterocycles. The number of benzene rings is 4. The van der Waals surface area contributed by atoms with Gasteiger partial charge in [-0.05, 0) is 83.2 Å². The van der Waals surface area contributed by atoms with Crippen LogP contribution in [-0.4, -0.2) is 11.7 Å². The molecular weight excluding hydrogens is 434 g/mol. The fourth-order valence-electron chi connectivity index (χ4n) is 4.07. The van der Waals surface area contributed by atoms with E-state index in [4.69, 9.17) is 15.2 Å². The van der Waals surface area contributed by atoms with Gasteiger partial charge in [0.2, 0.25) is 0 Å². The molecule has 0 fully saturated rings. The minimum absolute atomic E-state index is 0.175. The van der Waals surface area contributed by atoms with E-state index in [1.807, 2.05) is 42.5 Å². The van der Waals surface area contributed by atoms with Gasteiger partial charge in [0.1, 0.15) is 30.5 Å². The zero-order valence-electron chi connectivity index (χ0n) is 20.4. The summed E-state index contributed by atoms with van der Waals surface area (Å²) in [4.78, 5) is 0. The number of aromatic hydroxyl groups is 1. The molecule has 4 heteroatoms. The van der Waals surface area contributed by atoms with Gasteiger partial charge in [-0.15, -0.1) is 0 Å². The minimum Gasteiger partial charge on any atom is -0.508 e. The predicted octanol–water partition coefficient (Wildman–Crippen LogP) is 6.38. The zero-order chi connectivity index (χ0) is 24.7. The van der Waals surface area contributed by atoms with Gasteiger partial charge >= 0.3 is 0 Å². The number of phenolic OH excluding ortho intramolecular Hbond substituents is 1. The van der Waals surface area contributed by atoms with Crippen molar-refractivity contribution >= 4 is 0 Å². The summed E-state index contributed by atoms with van der Waals surface area (Å²) < 4.78 is 12.0. The fourth-order valence-corrected chi connectivity index (χ4v) is 4.07. The van der Waals surface area contributed by atoms with Crippen LogP contribution >= 0.6 is 0 Å². The van der Waals surface area contributed by atoms with Gasteiger partial charge in [-0.2, -0.15) is 0 Å². The maximum Gasteiger partial charge on any atom is 0.119 e. The molecule has 35 heavy (non-hydrogen) atoms. The van der Waals surface area contributed by atoms with Gasteiger partial charge in [0, 0.05) is 5.41 Å². The lowest BCUT2D eigenvalue weighted by Gasteiger charge is -2.26. The van der Waals surface area contributed by atoms with Crippen molar-refractivity contribution in [1.29, 1.82) is 0 Å². The molecule has 4 aromatic rings. The number of phenols is 1. The summed E-state index contributed by atoms with van der Waals surface area (Å²) in [7, 11) is 0. The molecule has 0 unspecified atom stereocenters. The Morgan fingerprint density at radius 2 is 1.14 bits per heavy atom. The summed E-state index contributed by atoms with van der Waals surface area (Å²) >= 11 is 0. The van der Waals surface area contributed by atoms with E-state index in [1.165, 1.54) is 11.1 Å². The summed E-state index contributed by atoms with van der Waals surface area (Å²) in [5.41, 5.74) is 11.2. The Morgan fingerprint density at radius 1 is 0.657 bits per heavy atom. The predicted molar refractivity (Wildman–Crippen MR) is 141 cm³/mol. The summed E-state index contributed by atoms with van der Waals surface area (Å²) in [6.07, 6.45) is 0.876. The quantitative estimate of drug-likeness (QED) is 0.284. The van der Waals surface area contributed by atoms with Crippen LogP contribution in [-0.2, 0) is 25.0 Å². The van der Waals surface area contributed by atoms with E-state index in [-0.39, 0.29) is 11.2 Å². The molecule has 3 N–H and O–H groups in total. The Labute approximate surface area is 208 Å². The Kier molecular flexibility index (Phi) is 7.74. The van der Waals surface area contributed by atoms with Crippen LogP contribution in [0.4, 0.5) is 0 Å². The van der Waals surface area contributed by atoms with E-state index >= 15 is 0 Å². The summed E-state index contributed by atoms with van der Waals surface area (Å²) in [5.74, 6) is 1.96. The second-order valence-electron chi connectivity index (χ2n) is 9.28. The molecule has 180 valence electrons. The van der Waals surface area contributed by atoms with Crippen molar-refractivity contribution in [2.75, 3.05) is 6.54 Å². The van der Waals surface area contributed by atoms with Crippen LogP contribution in [0.25, 0.3) is 0 Å². The van der Waals surface area contributed by atoms with E-state index in [1.54, 1.807) is 12.1 Å². The third kappa shape index (κ3) is 6.43. The van der Waals surface area contributed by atoms with Crippen molar-refractivity contribution < 1.29 is 14.6 Å². The molecular formula is C31H33NO3. The first-order chi connectivity index (χ1) is 16.9. The van der Waals surface area contributed by atoms with Crippen molar-refractivity contribution in [3.8, 4) is 17.2 Å². The van der Waals surface area contributed by atoms with Crippen LogP contribution in [0.15, 0.2) is 97.1 Å². The Bertz CT molecular complexity index is 1210. The number of rotatable bonds is 10. The van der Waals surface area contributed by atoms with E-state index in [0.29, 0.717) is 19.8 Å². The first-order valence-electron chi connectivity index (χ1n) is 12.0. The van der Waals surface area contributed by atoms with Gasteiger partial charge in [-0.25, -0.2) is 0 Å². The highest BCUT2D eigenvalue weighted by Crippen LogP contribution is 2.33. The zero-order valence-corrected chi connectivity index (χ0v) is 20.4. The van der Waals surface area contributed by atoms with Crippen molar-refractivity contribution in [3.63, 3.8) is 0 Å². The average Bonchev–Trinajstić information content (AvgIpc) is 2.88. The highest BCUT2D eigenvalue weighted by atomic mass is 16.5. The number of hydrogen-bond acceptors (Lipinski definition) is 4. The molecule has 4 rings (SSSR count). The van der Waals surface area contributed by atoms with Crippen molar-refractivity contribution in [2.24, 2.45) is 5.73 Å². The summed E-state index contributed by atoms with van der Waals surface area (Å²) in [6, 6.07) is 32.0. The van der Waals surface area contributed by atoms with Crippen molar-refractivity contribution in [1.82, 2.24) is 0 Å². The number of ether oxygens (including phenoxy) is 2. The molecule has 0 amide bonds. The smallest absolute Gasteiger partial charge is 0.119 e. The van der Waals surface area contributed by atoms with Gasteiger partial charge in [0.15, 0.2) is 0 Å². The third-order valence-corrected chi connectivity index (χ3v) is 6.32. The lowest BCUT2D eigenvalue weighted by atomic mass is 9.78. The Balaban J connectivity index is 1.33. The number of hydrogen-bond donors (Lipinski definition) is 2. The molecule has 0 atom stereocenters. The molecule has 0 spiro atoms. The van der Waals surface area contributed by atoms with Gasteiger partial charge in [0.25, 0.3) is 0 Å². The van der Waals surface area contributed by atoms with Gasteiger partial charge in [-0.3, -0.25) is 0 Å². The normalized spacial score (nSPS) is 11.3. The van der Waals surface area contributed by atoms with Crippen molar-refractivity contribution in [3.05, 3.63) is 125 Å². The first-order valence-corrected chi connectivity index (χ1v) is 12.0. The van der Waals surface area contributed by atoms with Crippen LogP contribution in [0.1, 0.15) is 41.7 Å².